The zero-order valence-electron chi connectivity index (χ0n) is 11.3. The molecule has 4 nitrogen and oxygen atoms in total. The third-order valence-corrected chi connectivity index (χ3v) is 3.38. The molecule has 4 heteroatoms. The highest BCUT2D eigenvalue weighted by Gasteiger charge is 2.34. The van der Waals surface area contributed by atoms with Gasteiger partial charge in [0.05, 0.1) is 6.42 Å². The smallest absolute Gasteiger partial charge is 0.305 e. The van der Waals surface area contributed by atoms with Crippen molar-refractivity contribution >= 4 is 17.6 Å². The first-order valence-corrected chi connectivity index (χ1v) is 6.59. The number of carboxylic acids is 1. The quantitative estimate of drug-likeness (QED) is 0.886. The number of aryl methyl sites for hydroxylation is 2. The first-order chi connectivity index (χ1) is 8.99. The van der Waals surface area contributed by atoms with E-state index >= 15 is 0 Å². The number of aliphatic carboxylic acids is 1. The van der Waals surface area contributed by atoms with E-state index in [0.717, 1.165) is 29.7 Å². The summed E-state index contributed by atoms with van der Waals surface area (Å²) in [7, 11) is 0. The zero-order valence-corrected chi connectivity index (χ0v) is 11.3. The fourth-order valence-electron chi connectivity index (χ4n) is 2.22. The van der Waals surface area contributed by atoms with Crippen molar-refractivity contribution in [1.29, 1.82) is 0 Å². The molecule has 0 atom stereocenters. The van der Waals surface area contributed by atoms with E-state index < -0.39 is 5.97 Å². The van der Waals surface area contributed by atoms with E-state index in [2.05, 4.69) is 0 Å². The second-order valence-corrected chi connectivity index (χ2v) is 5.20. The van der Waals surface area contributed by atoms with Crippen molar-refractivity contribution in [3.63, 3.8) is 0 Å². The topological polar surface area (TPSA) is 57.6 Å². The Bertz CT molecular complexity index is 506. The third kappa shape index (κ3) is 3.34. The Kier molecular flexibility index (Phi) is 3.88. The lowest BCUT2D eigenvalue weighted by atomic mass is 10.1. The third-order valence-electron chi connectivity index (χ3n) is 3.38. The molecule has 2 rings (SSSR count). The first-order valence-electron chi connectivity index (χ1n) is 6.59. The van der Waals surface area contributed by atoms with Crippen LogP contribution in [0.25, 0.3) is 0 Å². The van der Waals surface area contributed by atoms with Crippen molar-refractivity contribution in [3.05, 3.63) is 29.3 Å². The van der Waals surface area contributed by atoms with Gasteiger partial charge in [0.2, 0.25) is 5.91 Å². The number of rotatable bonds is 5. The largest absolute Gasteiger partial charge is 0.481 e. The number of amides is 1. The lowest BCUT2D eigenvalue weighted by Gasteiger charge is -2.24. The SMILES string of the molecule is Cc1ccc(N(CCC(=O)O)C(=O)C2CC2)c(C)c1. The van der Waals surface area contributed by atoms with Crippen LogP contribution in [0.15, 0.2) is 18.2 Å². The van der Waals surface area contributed by atoms with Crippen LogP contribution in [0.4, 0.5) is 5.69 Å². The van der Waals surface area contributed by atoms with Gasteiger partial charge in [0.15, 0.2) is 0 Å². The van der Waals surface area contributed by atoms with Crippen molar-refractivity contribution in [2.75, 3.05) is 11.4 Å². The van der Waals surface area contributed by atoms with Gasteiger partial charge < -0.3 is 10.0 Å². The fourth-order valence-corrected chi connectivity index (χ4v) is 2.22. The minimum atomic E-state index is -0.877. The number of carbonyl (C=O) groups is 2. The molecule has 0 heterocycles. The van der Waals surface area contributed by atoms with Crippen LogP contribution in [-0.2, 0) is 9.59 Å². The molecule has 1 amide bonds. The van der Waals surface area contributed by atoms with Gasteiger partial charge in [0, 0.05) is 18.2 Å². The molecule has 0 unspecified atom stereocenters. The highest BCUT2D eigenvalue weighted by Crippen LogP contribution is 2.33. The molecule has 102 valence electrons. The summed E-state index contributed by atoms with van der Waals surface area (Å²) in [5.41, 5.74) is 2.99. The molecule has 0 aromatic heterocycles. The van der Waals surface area contributed by atoms with Gasteiger partial charge >= 0.3 is 5.97 Å². The van der Waals surface area contributed by atoms with E-state index in [0.29, 0.717) is 0 Å². The van der Waals surface area contributed by atoms with Crippen LogP contribution in [0.5, 0.6) is 0 Å². The van der Waals surface area contributed by atoms with Crippen LogP contribution in [0.1, 0.15) is 30.4 Å². The molecular formula is C15H19NO3. The van der Waals surface area contributed by atoms with E-state index in [4.69, 9.17) is 5.11 Å². The van der Waals surface area contributed by atoms with Crippen LogP contribution in [0, 0.1) is 19.8 Å². The summed E-state index contributed by atoms with van der Waals surface area (Å²) in [5, 5.41) is 8.82. The molecule has 0 radical (unpaired) electrons. The molecule has 1 N–H and O–H groups in total. The van der Waals surface area contributed by atoms with Gasteiger partial charge in [-0.15, -0.1) is 0 Å². The molecule has 1 saturated carbocycles. The maximum Gasteiger partial charge on any atom is 0.305 e. The molecule has 1 aliphatic rings. The van der Waals surface area contributed by atoms with Crippen LogP contribution >= 0.6 is 0 Å². The van der Waals surface area contributed by atoms with Crippen LogP contribution in [-0.4, -0.2) is 23.5 Å². The van der Waals surface area contributed by atoms with Crippen molar-refractivity contribution in [3.8, 4) is 0 Å². The summed E-state index contributed by atoms with van der Waals surface area (Å²) in [6.07, 6.45) is 1.83. The number of benzene rings is 1. The monoisotopic (exact) mass is 261 g/mol. The van der Waals surface area contributed by atoms with E-state index in [-0.39, 0.29) is 24.8 Å². The van der Waals surface area contributed by atoms with Crippen molar-refractivity contribution in [2.45, 2.75) is 33.1 Å². The molecule has 1 aromatic rings. The minimum absolute atomic E-state index is 0.0220. The van der Waals surface area contributed by atoms with Gasteiger partial charge in [-0.1, -0.05) is 17.7 Å². The Hall–Kier alpha value is -1.84. The van der Waals surface area contributed by atoms with E-state index in [1.54, 1.807) is 4.90 Å². The summed E-state index contributed by atoms with van der Waals surface area (Å²) in [6, 6.07) is 5.88. The number of hydrogen-bond donors (Lipinski definition) is 1. The maximum absolute atomic E-state index is 12.3. The predicted molar refractivity (Wildman–Crippen MR) is 73.2 cm³/mol. The average molecular weight is 261 g/mol. The van der Waals surface area contributed by atoms with Crippen molar-refractivity contribution in [1.82, 2.24) is 0 Å². The first kappa shape index (κ1) is 13.6. The van der Waals surface area contributed by atoms with Gasteiger partial charge in [-0.2, -0.15) is 0 Å². The van der Waals surface area contributed by atoms with E-state index in [1.165, 1.54) is 0 Å². The zero-order chi connectivity index (χ0) is 14.0. The van der Waals surface area contributed by atoms with E-state index in [1.807, 2.05) is 32.0 Å². The summed E-state index contributed by atoms with van der Waals surface area (Å²) >= 11 is 0. The van der Waals surface area contributed by atoms with Gasteiger partial charge in [-0.05, 0) is 38.3 Å². The number of nitrogens with zero attached hydrogens (tertiary/aromatic N) is 1. The number of anilines is 1. The van der Waals surface area contributed by atoms with E-state index in [9.17, 15) is 9.59 Å². The number of hydrogen-bond acceptors (Lipinski definition) is 2. The predicted octanol–water partition coefficient (Wildman–Crippen LogP) is 2.52. The number of carbonyl (C=O) groups excluding carboxylic acids is 1. The van der Waals surface area contributed by atoms with Gasteiger partial charge in [-0.25, -0.2) is 0 Å². The highest BCUT2D eigenvalue weighted by atomic mass is 16.4. The fraction of sp³-hybridized carbons (Fsp3) is 0.467. The Morgan fingerprint density at radius 1 is 1.32 bits per heavy atom. The molecule has 0 spiro atoms. The minimum Gasteiger partial charge on any atom is -0.481 e. The Balaban J connectivity index is 2.24. The Morgan fingerprint density at radius 2 is 2.00 bits per heavy atom. The van der Waals surface area contributed by atoms with Crippen molar-refractivity contribution < 1.29 is 14.7 Å². The molecule has 0 bridgehead atoms. The van der Waals surface area contributed by atoms with Crippen LogP contribution < -0.4 is 4.90 Å². The normalized spacial score (nSPS) is 14.2. The lowest BCUT2D eigenvalue weighted by molar-refractivity contribution is -0.136. The molecule has 1 aromatic carbocycles. The summed E-state index contributed by atoms with van der Waals surface area (Å²) in [5.74, 6) is -0.721. The second-order valence-electron chi connectivity index (χ2n) is 5.20. The summed E-state index contributed by atoms with van der Waals surface area (Å²) in [4.78, 5) is 24.7. The standard InChI is InChI=1S/C15H19NO3/c1-10-3-6-13(11(2)9-10)16(8-7-14(17)18)15(19)12-4-5-12/h3,6,9,12H,4-5,7-8H2,1-2H3,(H,17,18). The molecule has 1 fully saturated rings. The molecule has 1 aliphatic carbocycles. The second kappa shape index (κ2) is 5.43. The van der Waals surface area contributed by atoms with Gasteiger partial charge in [0.1, 0.15) is 0 Å². The highest BCUT2D eigenvalue weighted by molar-refractivity contribution is 5.97. The van der Waals surface area contributed by atoms with Gasteiger partial charge in [0.25, 0.3) is 0 Å². The molecule has 0 aliphatic heterocycles. The van der Waals surface area contributed by atoms with Gasteiger partial charge in [-0.3, -0.25) is 9.59 Å². The average Bonchev–Trinajstić information content (AvgIpc) is 3.14. The molecule has 0 saturated heterocycles. The Morgan fingerprint density at radius 3 is 2.53 bits per heavy atom. The van der Waals surface area contributed by atoms with Crippen LogP contribution in [0.2, 0.25) is 0 Å². The number of carboxylic acid groups (broad SMARTS) is 1. The summed E-state index contributed by atoms with van der Waals surface area (Å²) < 4.78 is 0. The van der Waals surface area contributed by atoms with Crippen molar-refractivity contribution in [2.24, 2.45) is 5.92 Å². The van der Waals surface area contributed by atoms with Crippen LogP contribution in [0.3, 0.4) is 0 Å². The maximum atomic E-state index is 12.3. The molecular weight excluding hydrogens is 242 g/mol. The Labute approximate surface area is 113 Å². The lowest BCUT2D eigenvalue weighted by Crippen LogP contribution is -2.34. The molecule has 19 heavy (non-hydrogen) atoms. The summed E-state index contributed by atoms with van der Waals surface area (Å²) in [6.45, 7) is 4.20.